The molecule has 0 spiro atoms. The molecule has 0 saturated heterocycles. The molecule has 1 aromatic heterocycles. The third kappa shape index (κ3) is 2.78. The summed E-state index contributed by atoms with van der Waals surface area (Å²) in [5, 5.41) is 11.7. The van der Waals surface area contributed by atoms with Gasteiger partial charge in [0, 0.05) is 19.3 Å². The molecule has 82 valence electrons. The van der Waals surface area contributed by atoms with Crippen molar-refractivity contribution in [2.75, 3.05) is 6.54 Å². The summed E-state index contributed by atoms with van der Waals surface area (Å²) in [5.74, 6) is 1.81. The number of hydrogen-bond acceptors (Lipinski definition) is 3. The molecule has 15 heavy (non-hydrogen) atoms. The van der Waals surface area contributed by atoms with Crippen molar-refractivity contribution >= 4 is 0 Å². The Morgan fingerprint density at radius 2 is 2.07 bits per heavy atom. The Bertz CT molecular complexity index is 325. The quantitative estimate of drug-likeness (QED) is 0.760. The molecule has 3 rings (SSSR count). The van der Waals surface area contributed by atoms with Gasteiger partial charge in [-0.25, -0.2) is 0 Å². The first-order valence-electron chi connectivity index (χ1n) is 6.00. The van der Waals surface area contributed by atoms with E-state index in [0.29, 0.717) is 0 Å². The molecule has 4 heteroatoms. The van der Waals surface area contributed by atoms with Crippen LogP contribution in [0.3, 0.4) is 0 Å². The third-order valence-electron chi connectivity index (χ3n) is 3.16. The summed E-state index contributed by atoms with van der Waals surface area (Å²) in [7, 11) is 0. The molecule has 1 heterocycles. The Kier molecular flexibility index (Phi) is 2.44. The van der Waals surface area contributed by atoms with Gasteiger partial charge in [0.2, 0.25) is 0 Å². The Morgan fingerprint density at radius 3 is 2.80 bits per heavy atom. The fourth-order valence-corrected chi connectivity index (χ4v) is 1.80. The van der Waals surface area contributed by atoms with E-state index in [-0.39, 0.29) is 0 Å². The summed E-state index contributed by atoms with van der Waals surface area (Å²) in [5.41, 5.74) is 1.08. The van der Waals surface area contributed by atoms with Gasteiger partial charge in [-0.3, -0.25) is 4.68 Å². The van der Waals surface area contributed by atoms with Gasteiger partial charge in [-0.05, 0) is 44.1 Å². The molecule has 0 atom stereocenters. The average Bonchev–Trinajstić information content (AvgIpc) is 3.10. The van der Waals surface area contributed by atoms with E-state index in [2.05, 4.69) is 21.8 Å². The van der Waals surface area contributed by atoms with Crippen molar-refractivity contribution in [3.8, 4) is 0 Å². The van der Waals surface area contributed by atoms with E-state index in [9.17, 15) is 0 Å². The van der Waals surface area contributed by atoms with Crippen LogP contribution in [-0.2, 0) is 13.1 Å². The fraction of sp³-hybridized carbons (Fsp3) is 0.818. The maximum atomic E-state index is 4.16. The van der Waals surface area contributed by atoms with Crippen LogP contribution in [0.1, 0.15) is 31.4 Å². The van der Waals surface area contributed by atoms with Crippen LogP contribution in [0.2, 0.25) is 0 Å². The molecule has 0 aliphatic heterocycles. The van der Waals surface area contributed by atoms with Gasteiger partial charge in [-0.15, -0.1) is 5.10 Å². The zero-order valence-corrected chi connectivity index (χ0v) is 9.02. The van der Waals surface area contributed by atoms with Crippen LogP contribution >= 0.6 is 0 Å². The standard InChI is InChI=1S/C11H18N4/c1-2-9(1)5-12-6-11-8-15(14-13-11)7-10-3-4-10/h8-10,12H,1-7H2. The number of nitrogens with one attached hydrogen (secondary N) is 1. The Labute approximate surface area is 90.0 Å². The first kappa shape index (κ1) is 9.33. The maximum absolute atomic E-state index is 4.16. The minimum atomic E-state index is 0.874. The Morgan fingerprint density at radius 1 is 1.27 bits per heavy atom. The second kappa shape index (κ2) is 3.93. The highest BCUT2D eigenvalue weighted by Crippen LogP contribution is 2.30. The van der Waals surface area contributed by atoms with E-state index < -0.39 is 0 Å². The molecular weight excluding hydrogens is 188 g/mol. The summed E-state index contributed by atoms with van der Waals surface area (Å²) in [6, 6.07) is 0. The normalized spacial score (nSPS) is 20.8. The molecule has 0 bridgehead atoms. The average molecular weight is 206 g/mol. The first-order valence-corrected chi connectivity index (χ1v) is 6.00. The lowest BCUT2D eigenvalue weighted by Crippen LogP contribution is -2.16. The molecule has 2 fully saturated rings. The van der Waals surface area contributed by atoms with Crippen LogP contribution in [0.5, 0.6) is 0 Å². The monoisotopic (exact) mass is 206 g/mol. The van der Waals surface area contributed by atoms with Crippen LogP contribution < -0.4 is 5.32 Å². The summed E-state index contributed by atoms with van der Waals surface area (Å²) >= 11 is 0. The Hall–Kier alpha value is -0.900. The summed E-state index contributed by atoms with van der Waals surface area (Å²) < 4.78 is 1.99. The van der Waals surface area contributed by atoms with Gasteiger partial charge in [0.15, 0.2) is 0 Å². The SMILES string of the molecule is c1c(CNCC2CC2)nnn1CC1CC1. The van der Waals surface area contributed by atoms with E-state index in [1.54, 1.807) is 0 Å². The molecule has 2 saturated carbocycles. The Balaban J connectivity index is 1.44. The van der Waals surface area contributed by atoms with Crippen LogP contribution in [0.25, 0.3) is 0 Å². The molecule has 1 N–H and O–H groups in total. The molecule has 2 aliphatic carbocycles. The van der Waals surface area contributed by atoms with Gasteiger partial charge in [0.25, 0.3) is 0 Å². The van der Waals surface area contributed by atoms with Crippen LogP contribution in [0.4, 0.5) is 0 Å². The molecule has 0 radical (unpaired) electrons. The van der Waals surface area contributed by atoms with E-state index in [1.165, 1.54) is 25.7 Å². The highest BCUT2D eigenvalue weighted by molar-refractivity contribution is 4.92. The smallest absolute Gasteiger partial charge is 0.0964 e. The number of hydrogen-bond donors (Lipinski definition) is 1. The molecule has 0 unspecified atom stereocenters. The summed E-state index contributed by atoms with van der Waals surface area (Å²) in [4.78, 5) is 0. The topological polar surface area (TPSA) is 42.7 Å². The predicted molar refractivity (Wildman–Crippen MR) is 57.2 cm³/mol. The molecule has 0 amide bonds. The second-order valence-electron chi connectivity index (χ2n) is 4.95. The summed E-state index contributed by atoms with van der Waals surface area (Å²) in [6.45, 7) is 3.09. The third-order valence-corrected chi connectivity index (χ3v) is 3.16. The highest BCUT2D eigenvalue weighted by atomic mass is 15.4. The van der Waals surface area contributed by atoms with Gasteiger partial charge in [-0.1, -0.05) is 5.21 Å². The lowest BCUT2D eigenvalue weighted by Gasteiger charge is -1.98. The van der Waals surface area contributed by atoms with Gasteiger partial charge in [-0.2, -0.15) is 0 Å². The summed E-state index contributed by atoms with van der Waals surface area (Å²) in [6.07, 6.45) is 7.63. The van der Waals surface area contributed by atoms with Crippen molar-refractivity contribution in [3.05, 3.63) is 11.9 Å². The van der Waals surface area contributed by atoms with E-state index >= 15 is 0 Å². The van der Waals surface area contributed by atoms with E-state index in [0.717, 1.165) is 37.2 Å². The van der Waals surface area contributed by atoms with Crippen LogP contribution in [-0.4, -0.2) is 21.5 Å². The number of nitrogens with zero attached hydrogens (tertiary/aromatic N) is 3. The fourth-order valence-electron chi connectivity index (χ4n) is 1.80. The van der Waals surface area contributed by atoms with Crippen molar-refractivity contribution in [3.63, 3.8) is 0 Å². The largest absolute Gasteiger partial charge is 0.311 e. The van der Waals surface area contributed by atoms with Crippen molar-refractivity contribution in [1.29, 1.82) is 0 Å². The van der Waals surface area contributed by atoms with Crippen molar-refractivity contribution in [1.82, 2.24) is 20.3 Å². The van der Waals surface area contributed by atoms with Gasteiger partial charge in [0.1, 0.15) is 0 Å². The van der Waals surface area contributed by atoms with Crippen LogP contribution in [0.15, 0.2) is 6.20 Å². The lowest BCUT2D eigenvalue weighted by molar-refractivity contribution is 0.544. The van der Waals surface area contributed by atoms with E-state index in [4.69, 9.17) is 0 Å². The zero-order chi connectivity index (χ0) is 10.1. The van der Waals surface area contributed by atoms with Gasteiger partial charge < -0.3 is 5.32 Å². The highest BCUT2D eigenvalue weighted by Gasteiger charge is 2.22. The first-order chi connectivity index (χ1) is 7.40. The second-order valence-corrected chi connectivity index (χ2v) is 4.95. The van der Waals surface area contributed by atoms with Crippen molar-refractivity contribution in [2.45, 2.75) is 38.8 Å². The lowest BCUT2D eigenvalue weighted by atomic mass is 10.4. The van der Waals surface area contributed by atoms with Crippen molar-refractivity contribution < 1.29 is 0 Å². The maximum Gasteiger partial charge on any atom is 0.0964 e. The number of aromatic nitrogens is 3. The van der Waals surface area contributed by atoms with E-state index in [1.807, 2.05) is 4.68 Å². The van der Waals surface area contributed by atoms with Gasteiger partial charge in [0.05, 0.1) is 5.69 Å². The van der Waals surface area contributed by atoms with Crippen molar-refractivity contribution in [2.24, 2.45) is 11.8 Å². The number of rotatable bonds is 6. The van der Waals surface area contributed by atoms with Gasteiger partial charge >= 0.3 is 0 Å². The minimum absolute atomic E-state index is 0.874. The predicted octanol–water partition coefficient (Wildman–Crippen LogP) is 1.19. The molecule has 4 nitrogen and oxygen atoms in total. The molecular formula is C11H18N4. The zero-order valence-electron chi connectivity index (χ0n) is 9.02. The molecule has 0 aromatic carbocycles. The van der Waals surface area contributed by atoms with Crippen LogP contribution in [0, 0.1) is 11.8 Å². The molecule has 2 aliphatic rings. The molecule has 1 aromatic rings. The minimum Gasteiger partial charge on any atom is -0.311 e.